The molecule has 0 radical (unpaired) electrons. The van der Waals surface area contributed by atoms with Crippen LogP contribution in [0.1, 0.15) is 12.5 Å². The molecule has 1 heterocycles. The number of benzene rings is 2. The van der Waals surface area contributed by atoms with E-state index in [1.807, 2.05) is 24.3 Å². The minimum Gasteiger partial charge on any atom is -0.481 e. The first-order valence-corrected chi connectivity index (χ1v) is 8.60. The van der Waals surface area contributed by atoms with E-state index in [0.29, 0.717) is 18.0 Å². The second kappa shape index (κ2) is 5.68. The Bertz CT molecular complexity index is 847. The van der Waals surface area contributed by atoms with Gasteiger partial charge >= 0.3 is 0 Å². The average Bonchev–Trinajstić information content (AvgIpc) is 2.64. The zero-order valence-electron chi connectivity index (χ0n) is 12.5. The number of para-hydroxylation sites is 1. The van der Waals surface area contributed by atoms with Crippen LogP contribution in [0.4, 0.5) is 5.69 Å². The number of nitrogens with two attached hydrogens (primary N) is 1. The highest BCUT2D eigenvalue weighted by molar-refractivity contribution is 7.89. The molecule has 120 valence electrons. The lowest BCUT2D eigenvalue weighted by molar-refractivity contribution is -0.124. The molecule has 23 heavy (non-hydrogen) atoms. The molecule has 2 aromatic rings. The van der Waals surface area contributed by atoms with Gasteiger partial charge in [-0.05, 0) is 37.3 Å². The van der Waals surface area contributed by atoms with Crippen molar-refractivity contribution in [3.63, 3.8) is 0 Å². The van der Waals surface area contributed by atoms with E-state index in [-0.39, 0.29) is 10.8 Å². The van der Waals surface area contributed by atoms with Gasteiger partial charge in [0.05, 0.1) is 11.4 Å². The number of hydrogen-bond acceptors (Lipinski definition) is 4. The molecule has 1 aliphatic rings. The van der Waals surface area contributed by atoms with E-state index >= 15 is 0 Å². The van der Waals surface area contributed by atoms with E-state index in [1.165, 1.54) is 12.1 Å². The van der Waals surface area contributed by atoms with Crippen LogP contribution < -0.4 is 14.8 Å². The Balaban J connectivity index is 1.99. The van der Waals surface area contributed by atoms with Crippen molar-refractivity contribution in [2.24, 2.45) is 5.14 Å². The molecule has 2 N–H and O–H groups in total. The molecule has 0 bridgehead atoms. The normalized spacial score (nSPS) is 18.1. The van der Waals surface area contributed by atoms with Gasteiger partial charge in [0.15, 0.2) is 6.10 Å². The molecule has 1 amide bonds. The molecule has 2 aromatic carbocycles. The van der Waals surface area contributed by atoms with Crippen molar-refractivity contribution in [3.05, 3.63) is 54.1 Å². The van der Waals surface area contributed by atoms with Crippen molar-refractivity contribution in [3.8, 4) is 5.75 Å². The molecule has 0 spiro atoms. The number of fused-ring (bicyclic) bond motifs is 1. The van der Waals surface area contributed by atoms with Crippen LogP contribution in [0.15, 0.2) is 53.4 Å². The van der Waals surface area contributed by atoms with Crippen LogP contribution in [-0.2, 0) is 21.4 Å². The number of carbonyl (C=O) groups is 1. The first-order valence-electron chi connectivity index (χ1n) is 7.05. The summed E-state index contributed by atoms with van der Waals surface area (Å²) >= 11 is 0. The van der Waals surface area contributed by atoms with Gasteiger partial charge in [-0.1, -0.05) is 18.2 Å². The van der Waals surface area contributed by atoms with Crippen molar-refractivity contribution in [1.29, 1.82) is 0 Å². The molecule has 0 saturated carbocycles. The zero-order valence-corrected chi connectivity index (χ0v) is 13.3. The summed E-state index contributed by atoms with van der Waals surface area (Å²) in [7, 11) is -3.76. The smallest absolute Gasteiger partial charge is 0.268 e. The molecule has 3 rings (SSSR count). The monoisotopic (exact) mass is 332 g/mol. The number of hydrogen-bond donors (Lipinski definition) is 1. The quantitative estimate of drug-likeness (QED) is 0.905. The van der Waals surface area contributed by atoms with Crippen molar-refractivity contribution in [2.75, 3.05) is 4.90 Å². The molecule has 0 aromatic heterocycles. The van der Waals surface area contributed by atoms with Gasteiger partial charge in [-0.3, -0.25) is 4.79 Å². The Kier molecular flexibility index (Phi) is 3.83. The minimum atomic E-state index is -3.76. The van der Waals surface area contributed by atoms with Gasteiger partial charge in [0.1, 0.15) is 5.75 Å². The maximum absolute atomic E-state index is 12.6. The Labute approximate surface area is 134 Å². The highest BCUT2D eigenvalue weighted by Crippen LogP contribution is 2.29. The van der Waals surface area contributed by atoms with Gasteiger partial charge in [0.2, 0.25) is 10.0 Å². The number of amides is 1. The number of anilines is 1. The Hall–Kier alpha value is -2.38. The summed E-state index contributed by atoms with van der Waals surface area (Å²) in [5, 5.41) is 5.09. The highest BCUT2D eigenvalue weighted by Gasteiger charge is 2.28. The lowest BCUT2D eigenvalue weighted by atomic mass is 10.2. The van der Waals surface area contributed by atoms with E-state index in [4.69, 9.17) is 9.88 Å². The maximum atomic E-state index is 12.6. The standard InChI is InChI=1S/C16H16N2O4S/c1-11-16(19)18(10-12-4-2-3-5-15(12)22-11)13-6-8-14(9-7-13)23(17,20)21/h2-9,11H,10H2,1H3,(H2,17,20,21)/t11-/m1/s1. The average molecular weight is 332 g/mol. The van der Waals surface area contributed by atoms with Gasteiger partial charge in [0.25, 0.3) is 5.91 Å². The third kappa shape index (κ3) is 3.06. The lowest BCUT2D eigenvalue weighted by Gasteiger charge is -2.22. The first-order chi connectivity index (χ1) is 10.9. The van der Waals surface area contributed by atoms with E-state index in [1.54, 1.807) is 24.0 Å². The van der Waals surface area contributed by atoms with E-state index in [2.05, 4.69) is 0 Å². The number of nitrogens with zero attached hydrogens (tertiary/aromatic N) is 1. The lowest BCUT2D eigenvalue weighted by Crippen LogP contribution is -2.38. The van der Waals surface area contributed by atoms with Crippen molar-refractivity contribution in [2.45, 2.75) is 24.5 Å². The molecular weight excluding hydrogens is 316 g/mol. The Morgan fingerprint density at radius 3 is 2.43 bits per heavy atom. The molecule has 0 saturated heterocycles. The Morgan fingerprint density at radius 2 is 1.78 bits per heavy atom. The van der Waals surface area contributed by atoms with Gasteiger partial charge in [-0.2, -0.15) is 0 Å². The SMILES string of the molecule is C[C@H]1Oc2ccccc2CN(c2ccc(S(N)(=O)=O)cc2)C1=O. The fourth-order valence-corrected chi connectivity index (χ4v) is 3.01. The highest BCUT2D eigenvalue weighted by atomic mass is 32.2. The second-order valence-corrected chi connectivity index (χ2v) is 6.89. The number of carbonyl (C=O) groups excluding carboxylic acids is 1. The molecule has 6 nitrogen and oxygen atoms in total. The van der Waals surface area contributed by atoms with E-state index in [0.717, 1.165) is 5.56 Å². The van der Waals surface area contributed by atoms with Crippen LogP contribution in [0.2, 0.25) is 0 Å². The van der Waals surface area contributed by atoms with E-state index in [9.17, 15) is 13.2 Å². The second-order valence-electron chi connectivity index (χ2n) is 5.33. The van der Waals surface area contributed by atoms with Crippen LogP contribution >= 0.6 is 0 Å². The van der Waals surface area contributed by atoms with Gasteiger partial charge < -0.3 is 9.64 Å². The van der Waals surface area contributed by atoms with Gasteiger partial charge in [0, 0.05) is 11.3 Å². The van der Waals surface area contributed by atoms with Crippen LogP contribution in [0.5, 0.6) is 5.75 Å². The first kappa shape index (κ1) is 15.5. The molecule has 0 aliphatic carbocycles. The summed E-state index contributed by atoms with van der Waals surface area (Å²) in [5.41, 5.74) is 1.48. The van der Waals surface area contributed by atoms with Crippen molar-refractivity contribution < 1.29 is 17.9 Å². The third-order valence-electron chi connectivity index (χ3n) is 3.70. The number of ether oxygens (including phenoxy) is 1. The third-order valence-corrected chi connectivity index (χ3v) is 4.62. The molecule has 0 fully saturated rings. The van der Waals surface area contributed by atoms with Gasteiger partial charge in [-0.15, -0.1) is 0 Å². The Morgan fingerprint density at radius 1 is 1.13 bits per heavy atom. The van der Waals surface area contributed by atoms with Crippen LogP contribution in [-0.4, -0.2) is 20.4 Å². The number of primary sulfonamides is 1. The van der Waals surface area contributed by atoms with Crippen LogP contribution in [0, 0.1) is 0 Å². The van der Waals surface area contributed by atoms with Crippen LogP contribution in [0.3, 0.4) is 0 Å². The van der Waals surface area contributed by atoms with Crippen molar-refractivity contribution in [1.82, 2.24) is 0 Å². The summed E-state index contributed by atoms with van der Waals surface area (Å²) < 4.78 is 28.4. The predicted octanol–water partition coefficient (Wildman–Crippen LogP) is 1.65. The minimum absolute atomic E-state index is 0.00761. The molecule has 0 unspecified atom stereocenters. The largest absolute Gasteiger partial charge is 0.481 e. The number of sulfonamides is 1. The topological polar surface area (TPSA) is 89.7 Å². The maximum Gasteiger partial charge on any atom is 0.268 e. The molecule has 1 atom stereocenters. The molecular formula is C16H16N2O4S. The summed E-state index contributed by atoms with van der Waals surface area (Å²) in [6.07, 6.45) is -0.628. The number of rotatable bonds is 2. The molecule has 7 heteroatoms. The van der Waals surface area contributed by atoms with Gasteiger partial charge in [-0.25, -0.2) is 13.6 Å². The van der Waals surface area contributed by atoms with Crippen LogP contribution in [0.25, 0.3) is 0 Å². The van der Waals surface area contributed by atoms with Crippen molar-refractivity contribution >= 4 is 21.6 Å². The fraction of sp³-hybridized carbons (Fsp3) is 0.188. The summed E-state index contributed by atoms with van der Waals surface area (Å²) in [4.78, 5) is 14.1. The summed E-state index contributed by atoms with van der Waals surface area (Å²) in [5.74, 6) is 0.488. The summed E-state index contributed by atoms with van der Waals surface area (Å²) in [6.45, 7) is 2.05. The summed E-state index contributed by atoms with van der Waals surface area (Å²) in [6, 6.07) is 13.4. The zero-order chi connectivity index (χ0) is 16.6. The fourth-order valence-electron chi connectivity index (χ4n) is 2.49. The molecule has 1 aliphatic heterocycles. The predicted molar refractivity (Wildman–Crippen MR) is 85.5 cm³/mol. The van der Waals surface area contributed by atoms with E-state index < -0.39 is 16.1 Å².